The monoisotopic (exact) mass is 208 g/mol. The maximum atomic E-state index is 4.44. The fourth-order valence-electron chi connectivity index (χ4n) is 2.13. The van der Waals surface area contributed by atoms with Crippen LogP contribution in [0.3, 0.4) is 0 Å². The van der Waals surface area contributed by atoms with Gasteiger partial charge >= 0.3 is 0 Å². The molecule has 0 unspecified atom stereocenters. The molecule has 1 fully saturated rings. The van der Waals surface area contributed by atoms with Crippen LogP contribution in [0.1, 0.15) is 24.4 Å². The molecule has 84 valence electrons. The Bertz CT molecular complexity index is 299. The SMILES string of the molecule is CNCc1cnn(C2CCN(C)CC2)c1. The average Bonchev–Trinajstić information content (AvgIpc) is 2.68. The molecule has 15 heavy (non-hydrogen) atoms. The van der Waals surface area contributed by atoms with Crippen LogP contribution >= 0.6 is 0 Å². The predicted octanol–water partition coefficient (Wildman–Crippen LogP) is 0.869. The number of piperidine rings is 1. The molecule has 0 aromatic carbocycles. The molecule has 0 bridgehead atoms. The smallest absolute Gasteiger partial charge is 0.0543 e. The van der Waals surface area contributed by atoms with Crippen LogP contribution in [-0.2, 0) is 6.54 Å². The molecule has 1 saturated heterocycles. The highest BCUT2D eigenvalue weighted by Crippen LogP contribution is 2.20. The highest BCUT2D eigenvalue weighted by molar-refractivity contribution is 5.04. The summed E-state index contributed by atoms with van der Waals surface area (Å²) in [5, 5.41) is 7.59. The number of hydrogen-bond donors (Lipinski definition) is 1. The fraction of sp³-hybridized carbons (Fsp3) is 0.727. The summed E-state index contributed by atoms with van der Waals surface area (Å²) in [4.78, 5) is 2.38. The van der Waals surface area contributed by atoms with E-state index >= 15 is 0 Å². The number of hydrogen-bond acceptors (Lipinski definition) is 3. The lowest BCUT2D eigenvalue weighted by atomic mass is 10.1. The van der Waals surface area contributed by atoms with Gasteiger partial charge in [-0.3, -0.25) is 4.68 Å². The Labute approximate surface area is 91.3 Å². The van der Waals surface area contributed by atoms with Crippen molar-refractivity contribution in [3.05, 3.63) is 18.0 Å². The van der Waals surface area contributed by atoms with Crippen LogP contribution in [0, 0.1) is 0 Å². The molecule has 0 atom stereocenters. The van der Waals surface area contributed by atoms with E-state index in [9.17, 15) is 0 Å². The van der Waals surface area contributed by atoms with E-state index in [0.29, 0.717) is 6.04 Å². The molecular weight excluding hydrogens is 188 g/mol. The van der Waals surface area contributed by atoms with E-state index in [0.717, 1.165) is 6.54 Å². The third-order valence-corrected chi connectivity index (χ3v) is 3.10. The van der Waals surface area contributed by atoms with Crippen molar-refractivity contribution in [2.24, 2.45) is 0 Å². The molecule has 0 amide bonds. The number of likely N-dealkylation sites (tertiary alicyclic amines) is 1. The van der Waals surface area contributed by atoms with Gasteiger partial charge in [0, 0.05) is 18.3 Å². The molecular formula is C11H20N4. The van der Waals surface area contributed by atoms with E-state index in [1.807, 2.05) is 13.2 Å². The van der Waals surface area contributed by atoms with E-state index in [2.05, 4.69) is 33.2 Å². The highest BCUT2D eigenvalue weighted by atomic mass is 15.3. The molecule has 1 aliphatic rings. The van der Waals surface area contributed by atoms with Crippen molar-refractivity contribution in [3.8, 4) is 0 Å². The normalized spacial score (nSPS) is 19.6. The first kappa shape index (κ1) is 10.6. The molecule has 0 spiro atoms. The lowest BCUT2D eigenvalue weighted by Crippen LogP contribution is -2.31. The van der Waals surface area contributed by atoms with Crippen LogP contribution in [0.25, 0.3) is 0 Å². The summed E-state index contributed by atoms with van der Waals surface area (Å²) in [5.41, 5.74) is 1.27. The largest absolute Gasteiger partial charge is 0.316 e. The van der Waals surface area contributed by atoms with E-state index in [1.165, 1.54) is 31.5 Å². The van der Waals surface area contributed by atoms with Crippen LogP contribution in [-0.4, -0.2) is 41.9 Å². The first-order valence-corrected chi connectivity index (χ1v) is 5.66. The van der Waals surface area contributed by atoms with Gasteiger partial charge in [-0.2, -0.15) is 5.10 Å². The van der Waals surface area contributed by atoms with Gasteiger partial charge in [-0.25, -0.2) is 0 Å². The molecule has 2 rings (SSSR count). The molecule has 0 radical (unpaired) electrons. The summed E-state index contributed by atoms with van der Waals surface area (Å²) in [6.45, 7) is 3.28. The molecule has 1 aromatic heterocycles. The molecule has 2 heterocycles. The molecule has 1 aliphatic heterocycles. The second-order valence-corrected chi connectivity index (χ2v) is 4.39. The van der Waals surface area contributed by atoms with Gasteiger partial charge in [0.1, 0.15) is 0 Å². The van der Waals surface area contributed by atoms with Crippen LogP contribution in [0.5, 0.6) is 0 Å². The number of aromatic nitrogens is 2. The van der Waals surface area contributed by atoms with Crippen LogP contribution in [0.4, 0.5) is 0 Å². The van der Waals surface area contributed by atoms with E-state index < -0.39 is 0 Å². The molecule has 4 heteroatoms. The van der Waals surface area contributed by atoms with Crippen LogP contribution in [0.15, 0.2) is 12.4 Å². The van der Waals surface area contributed by atoms with Gasteiger partial charge in [-0.1, -0.05) is 0 Å². The standard InChI is InChI=1S/C11H20N4/c1-12-7-10-8-13-15(9-10)11-3-5-14(2)6-4-11/h8-9,11-12H,3-7H2,1-2H3. The first-order valence-electron chi connectivity index (χ1n) is 5.66. The Morgan fingerprint density at radius 1 is 1.47 bits per heavy atom. The minimum Gasteiger partial charge on any atom is -0.316 e. The van der Waals surface area contributed by atoms with Crippen molar-refractivity contribution in [3.63, 3.8) is 0 Å². The second-order valence-electron chi connectivity index (χ2n) is 4.39. The quantitative estimate of drug-likeness (QED) is 0.800. The first-order chi connectivity index (χ1) is 7.29. The Morgan fingerprint density at radius 2 is 2.20 bits per heavy atom. The Morgan fingerprint density at radius 3 is 2.87 bits per heavy atom. The molecule has 1 N–H and O–H groups in total. The topological polar surface area (TPSA) is 33.1 Å². The minimum absolute atomic E-state index is 0.604. The predicted molar refractivity (Wildman–Crippen MR) is 60.8 cm³/mol. The van der Waals surface area contributed by atoms with Crippen LogP contribution < -0.4 is 5.32 Å². The molecule has 1 aromatic rings. The Kier molecular flexibility index (Phi) is 3.38. The Balaban J connectivity index is 1.96. The summed E-state index contributed by atoms with van der Waals surface area (Å²) in [6, 6.07) is 0.604. The summed E-state index contributed by atoms with van der Waals surface area (Å²) in [6.07, 6.45) is 6.58. The van der Waals surface area contributed by atoms with Gasteiger partial charge in [0.2, 0.25) is 0 Å². The van der Waals surface area contributed by atoms with Gasteiger partial charge < -0.3 is 10.2 Å². The lowest BCUT2D eigenvalue weighted by Gasteiger charge is -2.28. The second kappa shape index (κ2) is 4.77. The number of nitrogens with zero attached hydrogens (tertiary/aromatic N) is 3. The zero-order valence-electron chi connectivity index (χ0n) is 9.61. The van der Waals surface area contributed by atoms with Gasteiger partial charge in [-0.15, -0.1) is 0 Å². The summed E-state index contributed by atoms with van der Waals surface area (Å²) in [5.74, 6) is 0. The zero-order chi connectivity index (χ0) is 10.7. The van der Waals surface area contributed by atoms with Gasteiger partial charge in [-0.05, 0) is 40.0 Å². The van der Waals surface area contributed by atoms with Crippen LogP contribution in [0.2, 0.25) is 0 Å². The molecule has 4 nitrogen and oxygen atoms in total. The van der Waals surface area contributed by atoms with Crippen molar-refractivity contribution in [1.29, 1.82) is 0 Å². The highest BCUT2D eigenvalue weighted by Gasteiger charge is 2.18. The van der Waals surface area contributed by atoms with Gasteiger partial charge in [0.25, 0.3) is 0 Å². The van der Waals surface area contributed by atoms with Gasteiger partial charge in [0.05, 0.1) is 12.2 Å². The number of nitrogens with one attached hydrogen (secondary N) is 1. The average molecular weight is 208 g/mol. The summed E-state index contributed by atoms with van der Waals surface area (Å²) < 4.78 is 2.14. The van der Waals surface area contributed by atoms with E-state index in [4.69, 9.17) is 0 Å². The van der Waals surface area contributed by atoms with Gasteiger partial charge in [0.15, 0.2) is 0 Å². The zero-order valence-corrected chi connectivity index (χ0v) is 9.61. The Hall–Kier alpha value is -0.870. The van der Waals surface area contributed by atoms with Crippen molar-refractivity contribution in [2.75, 3.05) is 27.2 Å². The van der Waals surface area contributed by atoms with Crippen molar-refractivity contribution >= 4 is 0 Å². The third-order valence-electron chi connectivity index (χ3n) is 3.10. The summed E-state index contributed by atoms with van der Waals surface area (Å²) >= 11 is 0. The number of rotatable bonds is 3. The fourth-order valence-corrected chi connectivity index (χ4v) is 2.13. The maximum Gasteiger partial charge on any atom is 0.0543 e. The van der Waals surface area contributed by atoms with Crippen molar-refractivity contribution < 1.29 is 0 Å². The maximum absolute atomic E-state index is 4.44. The van der Waals surface area contributed by atoms with Crippen molar-refractivity contribution in [1.82, 2.24) is 20.0 Å². The van der Waals surface area contributed by atoms with Crippen molar-refractivity contribution in [2.45, 2.75) is 25.4 Å². The minimum atomic E-state index is 0.604. The lowest BCUT2D eigenvalue weighted by molar-refractivity contribution is 0.212. The third kappa shape index (κ3) is 2.58. The van der Waals surface area contributed by atoms with E-state index in [1.54, 1.807) is 0 Å². The summed E-state index contributed by atoms with van der Waals surface area (Å²) in [7, 11) is 4.15. The molecule has 0 aliphatic carbocycles. The van der Waals surface area contributed by atoms with E-state index in [-0.39, 0.29) is 0 Å². The molecule has 0 saturated carbocycles.